The highest BCUT2D eigenvalue weighted by Gasteiger charge is 2.27. The van der Waals surface area contributed by atoms with Crippen molar-refractivity contribution in [1.82, 2.24) is 14.2 Å². The summed E-state index contributed by atoms with van der Waals surface area (Å²) in [6, 6.07) is 1.84. The molecule has 1 N–H and O–H groups in total. The van der Waals surface area contributed by atoms with Crippen molar-refractivity contribution in [2.75, 3.05) is 19.6 Å². The maximum absolute atomic E-state index is 12.7. The lowest BCUT2D eigenvalue weighted by Gasteiger charge is -2.25. The van der Waals surface area contributed by atoms with Gasteiger partial charge in [-0.25, -0.2) is 8.42 Å². The third-order valence-electron chi connectivity index (χ3n) is 3.93. The summed E-state index contributed by atoms with van der Waals surface area (Å²) in [5.41, 5.74) is 1.05. The second kappa shape index (κ2) is 7.42. The Morgan fingerprint density at radius 3 is 2.52 bits per heavy atom. The number of nitrogens with zero attached hydrogens (tertiary/aromatic N) is 2. The topological polar surface area (TPSA) is 54.3 Å². The summed E-state index contributed by atoms with van der Waals surface area (Å²) >= 11 is 0. The average Bonchev–Trinajstić information content (AvgIpc) is 2.90. The Morgan fingerprint density at radius 1 is 1.19 bits per heavy atom. The van der Waals surface area contributed by atoms with E-state index in [-0.39, 0.29) is 0 Å². The standard InChI is InChI=1S/C15H27N3O2S/c1-3-8-17-13-15(11-14(17)12-16-4-2)21(19,20)18-9-6-5-7-10-18/h11,13,16H,3-10,12H2,1-2H3. The van der Waals surface area contributed by atoms with E-state index in [1.165, 1.54) is 0 Å². The lowest BCUT2D eigenvalue weighted by Crippen LogP contribution is -2.35. The first-order chi connectivity index (χ1) is 10.1. The molecule has 1 aromatic heterocycles. The fraction of sp³-hybridized carbons (Fsp3) is 0.733. The molecule has 1 saturated heterocycles. The summed E-state index contributed by atoms with van der Waals surface area (Å²) in [7, 11) is -3.32. The van der Waals surface area contributed by atoms with Crippen molar-refractivity contribution in [3.8, 4) is 0 Å². The molecule has 1 fully saturated rings. The van der Waals surface area contributed by atoms with Gasteiger partial charge in [0.1, 0.15) is 4.90 Å². The smallest absolute Gasteiger partial charge is 0.244 e. The zero-order valence-corrected chi connectivity index (χ0v) is 14.0. The SMILES string of the molecule is CCCn1cc(S(=O)(=O)N2CCCCC2)cc1CNCC. The van der Waals surface area contributed by atoms with Gasteiger partial charge in [0.15, 0.2) is 0 Å². The molecular formula is C15H27N3O2S. The first-order valence-electron chi connectivity index (χ1n) is 7.99. The molecule has 0 saturated carbocycles. The lowest BCUT2D eigenvalue weighted by molar-refractivity contribution is 0.346. The van der Waals surface area contributed by atoms with Gasteiger partial charge in [-0.1, -0.05) is 20.3 Å². The third kappa shape index (κ3) is 3.87. The molecule has 0 spiro atoms. The molecule has 1 aliphatic rings. The number of sulfonamides is 1. The van der Waals surface area contributed by atoms with Crippen molar-refractivity contribution in [2.45, 2.75) is 57.5 Å². The number of rotatable bonds is 7. The molecule has 6 heteroatoms. The maximum atomic E-state index is 12.7. The fourth-order valence-corrected chi connectivity index (χ4v) is 4.35. The first-order valence-corrected chi connectivity index (χ1v) is 9.43. The zero-order valence-electron chi connectivity index (χ0n) is 13.1. The summed E-state index contributed by atoms with van der Waals surface area (Å²) in [5.74, 6) is 0. The highest BCUT2D eigenvalue weighted by atomic mass is 32.2. The number of hydrogen-bond donors (Lipinski definition) is 1. The molecule has 0 amide bonds. The van der Waals surface area contributed by atoms with E-state index >= 15 is 0 Å². The summed E-state index contributed by atoms with van der Waals surface area (Å²) in [6.07, 6.45) is 5.88. The Bertz CT molecular complexity index is 545. The molecule has 21 heavy (non-hydrogen) atoms. The number of nitrogens with one attached hydrogen (secondary N) is 1. The van der Waals surface area contributed by atoms with Crippen LogP contribution in [0.25, 0.3) is 0 Å². The summed E-state index contributed by atoms with van der Waals surface area (Å²) < 4.78 is 29.2. The van der Waals surface area contributed by atoms with Crippen LogP contribution in [-0.2, 0) is 23.1 Å². The maximum Gasteiger partial charge on any atom is 0.244 e. The molecule has 2 heterocycles. The van der Waals surface area contributed by atoms with Crippen LogP contribution in [-0.4, -0.2) is 36.9 Å². The van der Waals surface area contributed by atoms with Crippen molar-refractivity contribution >= 4 is 10.0 Å². The van der Waals surface area contributed by atoms with Crippen molar-refractivity contribution in [2.24, 2.45) is 0 Å². The number of aryl methyl sites for hydroxylation is 1. The molecule has 0 radical (unpaired) electrons. The minimum Gasteiger partial charge on any atom is -0.349 e. The van der Waals surface area contributed by atoms with Gasteiger partial charge in [0.2, 0.25) is 10.0 Å². The Hall–Kier alpha value is -0.850. The largest absolute Gasteiger partial charge is 0.349 e. The van der Waals surface area contributed by atoms with E-state index in [2.05, 4.69) is 23.7 Å². The van der Waals surface area contributed by atoms with Gasteiger partial charge in [0, 0.05) is 38.1 Å². The van der Waals surface area contributed by atoms with Gasteiger partial charge in [-0.3, -0.25) is 0 Å². The predicted octanol–water partition coefficient (Wildman–Crippen LogP) is 2.18. The Balaban J connectivity index is 2.25. The van der Waals surface area contributed by atoms with Gasteiger partial charge in [-0.15, -0.1) is 0 Å². The van der Waals surface area contributed by atoms with Crippen molar-refractivity contribution in [1.29, 1.82) is 0 Å². The molecule has 0 aromatic carbocycles. The van der Waals surface area contributed by atoms with Gasteiger partial charge in [-0.2, -0.15) is 4.31 Å². The first kappa shape index (κ1) is 16.5. The van der Waals surface area contributed by atoms with Crippen LogP contribution < -0.4 is 5.32 Å². The normalized spacial score (nSPS) is 17.2. The van der Waals surface area contributed by atoms with E-state index in [1.54, 1.807) is 10.5 Å². The Morgan fingerprint density at radius 2 is 1.90 bits per heavy atom. The van der Waals surface area contributed by atoms with Crippen molar-refractivity contribution in [3.05, 3.63) is 18.0 Å². The van der Waals surface area contributed by atoms with E-state index in [4.69, 9.17) is 0 Å². The van der Waals surface area contributed by atoms with Gasteiger partial charge in [-0.05, 0) is 31.9 Å². The molecule has 5 nitrogen and oxygen atoms in total. The number of hydrogen-bond acceptors (Lipinski definition) is 3. The van der Waals surface area contributed by atoms with E-state index < -0.39 is 10.0 Å². The second-order valence-electron chi connectivity index (χ2n) is 5.61. The Kier molecular flexibility index (Phi) is 5.84. The van der Waals surface area contributed by atoms with Crippen LogP contribution in [0.3, 0.4) is 0 Å². The van der Waals surface area contributed by atoms with Crippen molar-refractivity contribution < 1.29 is 8.42 Å². The minimum absolute atomic E-state index is 0.450. The summed E-state index contributed by atoms with van der Waals surface area (Å²) in [6.45, 7) is 7.93. The predicted molar refractivity (Wildman–Crippen MR) is 84.7 cm³/mol. The highest BCUT2D eigenvalue weighted by Crippen LogP contribution is 2.22. The van der Waals surface area contributed by atoms with Crippen LogP contribution in [0.5, 0.6) is 0 Å². The molecule has 1 aromatic rings. The van der Waals surface area contributed by atoms with Gasteiger partial charge in [0.25, 0.3) is 0 Å². The molecule has 1 aliphatic heterocycles. The second-order valence-corrected chi connectivity index (χ2v) is 7.54. The van der Waals surface area contributed by atoms with Crippen LogP contribution in [0.4, 0.5) is 0 Å². The van der Waals surface area contributed by atoms with E-state index in [0.29, 0.717) is 24.5 Å². The van der Waals surface area contributed by atoms with Crippen LogP contribution in [0.2, 0.25) is 0 Å². The van der Waals surface area contributed by atoms with Crippen molar-refractivity contribution in [3.63, 3.8) is 0 Å². The molecule has 0 aliphatic carbocycles. The summed E-state index contributed by atoms with van der Waals surface area (Å²) in [5, 5.41) is 3.28. The van der Waals surface area contributed by atoms with E-state index in [1.807, 2.05) is 6.07 Å². The quantitative estimate of drug-likeness (QED) is 0.839. The van der Waals surface area contributed by atoms with Crippen LogP contribution in [0.1, 0.15) is 45.2 Å². The van der Waals surface area contributed by atoms with Crippen LogP contribution >= 0.6 is 0 Å². The number of piperidine rings is 1. The summed E-state index contributed by atoms with van der Waals surface area (Å²) in [4.78, 5) is 0.450. The monoisotopic (exact) mass is 313 g/mol. The molecule has 2 rings (SSSR count). The zero-order chi connectivity index (χ0) is 15.3. The van der Waals surface area contributed by atoms with E-state index in [9.17, 15) is 8.42 Å². The molecular weight excluding hydrogens is 286 g/mol. The minimum atomic E-state index is -3.32. The van der Waals surface area contributed by atoms with Crippen LogP contribution in [0.15, 0.2) is 17.2 Å². The van der Waals surface area contributed by atoms with Gasteiger partial charge < -0.3 is 9.88 Å². The van der Waals surface area contributed by atoms with E-state index in [0.717, 1.165) is 44.5 Å². The van der Waals surface area contributed by atoms with Crippen LogP contribution in [0, 0.1) is 0 Å². The Labute approximate surface area is 128 Å². The average molecular weight is 313 g/mol. The highest BCUT2D eigenvalue weighted by molar-refractivity contribution is 7.89. The van der Waals surface area contributed by atoms with Gasteiger partial charge in [0.05, 0.1) is 0 Å². The van der Waals surface area contributed by atoms with Gasteiger partial charge >= 0.3 is 0 Å². The molecule has 120 valence electrons. The molecule has 0 bridgehead atoms. The molecule has 0 atom stereocenters. The fourth-order valence-electron chi connectivity index (χ4n) is 2.77. The molecule has 0 unspecified atom stereocenters. The number of aromatic nitrogens is 1. The third-order valence-corrected chi connectivity index (χ3v) is 5.80. The lowest BCUT2D eigenvalue weighted by atomic mass is 10.2.